The highest BCUT2D eigenvalue weighted by atomic mass is 19.1. The van der Waals surface area contributed by atoms with E-state index in [0.717, 1.165) is 11.6 Å². The van der Waals surface area contributed by atoms with Crippen molar-refractivity contribution in [3.05, 3.63) is 59.7 Å². The van der Waals surface area contributed by atoms with Gasteiger partial charge in [-0.3, -0.25) is 0 Å². The molecule has 3 rings (SSSR count). The maximum Gasteiger partial charge on any atom is 0.410 e. The van der Waals surface area contributed by atoms with E-state index in [4.69, 9.17) is 10.5 Å². The first kappa shape index (κ1) is 21.5. The molecule has 0 saturated carbocycles. The van der Waals surface area contributed by atoms with Crippen LogP contribution in [0.5, 0.6) is 0 Å². The summed E-state index contributed by atoms with van der Waals surface area (Å²) in [4.78, 5) is 24.8. The molecule has 2 unspecified atom stereocenters. The van der Waals surface area contributed by atoms with Crippen molar-refractivity contribution in [2.45, 2.75) is 38.3 Å². The minimum absolute atomic E-state index is 0.181. The van der Waals surface area contributed by atoms with Gasteiger partial charge in [0.05, 0.1) is 6.04 Å². The van der Waals surface area contributed by atoms with Crippen molar-refractivity contribution in [2.24, 2.45) is 5.73 Å². The van der Waals surface area contributed by atoms with E-state index in [-0.39, 0.29) is 18.2 Å². The molecule has 2 atom stereocenters. The summed E-state index contributed by atoms with van der Waals surface area (Å²) in [6.07, 6.45) is 1.48. The molecular formula is C22H25F2N3O3. The number of urea groups is 1. The highest BCUT2D eigenvalue weighted by Gasteiger charge is 2.30. The van der Waals surface area contributed by atoms with Crippen LogP contribution >= 0.6 is 0 Å². The predicted molar refractivity (Wildman–Crippen MR) is 109 cm³/mol. The number of carbonyl (C=O) groups is 2. The molecule has 1 saturated heterocycles. The van der Waals surface area contributed by atoms with Crippen molar-refractivity contribution in [1.82, 2.24) is 10.2 Å². The van der Waals surface area contributed by atoms with Crippen molar-refractivity contribution in [3.8, 4) is 11.1 Å². The number of hydrogen-bond acceptors (Lipinski definition) is 3. The standard InChI is InChI=1S/C22H25F2N3O3/c1-14(27-12-10-18(30-22(27)29)3-2-11-26-21(25)28)15-4-6-16(7-5-15)19-9-8-17(23)13-20(19)24/h4-9,13-14,18H,2-3,10-12H2,1H3,(H3,25,26,28). The number of nitrogens with two attached hydrogens (primary N) is 1. The smallest absolute Gasteiger partial charge is 0.410 e. The van der Waals surface area contributed by atoms with Crippen LogP contribution in [-0.2, 0) is 4.74 Å². The molecule has 0 aromatic heterocycles. The summed E-state index contributed by atoms with van der Waals surface area (Å²) in [5.74, 6) is -1.24. The lowest BCUT2D eigenvalue weighted by Crippen LogP contribution is -2.43. The van der Waals surface area contributed by atoms with Crippen molar-refractivity contribution >= 4 is 12.1 Å². The fraction of sp³-hybridized carbons (Fsp3) is 0.364. The lowest BCUT2D eigenvalue weighted by atomic mass is 9.99. The molecule has 8 heteroatoms. The van der Waals surface area contributed by atoms with E-state index < -0.39 is 17.7 Å². The molecule has 160 valence electrons. The van der Waals surface area contributed by atoms with Gasteiger partial charge in [-0.05, 0) is 43.0 Å². The van der Waals surface area contributed by atoms with Gasteiger partial charge in [0, 0.05) is 31.1 Å². The molecule has 2 aromatic carbocycles. The van der Waals surface area contributed by atoms with E-state index >= 15 is 0 Å². The molecule has 0 radical (unpaired) electrons. The topological polar surface area (TPSA) is 84.7 Å². The zero-order valence-corrected chi connectivity index (χ0v) is 16.7. The van der Waals surface area contributed by atoms with Gasteiger partial charge < -0.3 is 20.7 Å². The number of nitrogens with zero attached hydrogens (tertiary/aromatic N) is 1. The Morgan fingerprint density at radius 2 is 2.00 bits per heavy atom. The normalized spacial score (nSPS) is 17.4. The third-order valence-electron chi connectivity index (χ3n) is 5.30. The average molecular weight is 417 g/mol. The van der Waals surface area contributed by atoms with Crippen LogP contribution in [0.15, 0.2) is 42.5 Å². The Morgan fingerprint density at radius 1 is 1.27 bits per heavy atom. The fourth-order valence-corrected chi connectivity index (χ4v) is 3.58. The summed E-state index contributed by atoms with van der Waals surface area (Å²) in [5.41, 5.74) is 6.87. The number of rotatable bonds is 7. The molecular weight excluding hydrogens is 392 g/mol. The summed E-state index contributed by atoms with van der Waals surface area (Å²) < 4.78 is 32.6. The monoisotopic (exact) mass is 417 g/mol. The van der Waals surface area contributed by atoms with E-state index in [1.165, 1.54) is 12.1 Å². The number of nitrogens with one attached hydrogen (secondary N) is 1. The van der Waals surface area contributed by atoms with Crippen molar-refractivity contribution in [1.29, 1.82) is 0 Å². The molecule has 0 spiro atoms. The number of hydrogen-bond donors (Lipinski definition) is 2. The first-order valence-electron chi connectivity index (χ1n) is 9.91. The van der Waals surface area contributed by atoms with Gasteiger partial charge in [0.25, 0.3) is 0 Å². The van der Waals surface area contributed by atoms with E-state index in [9.17, 15) is 18.4 Å². The lowest BCUT2D eigenvalue weighted by molar-refractivity contribution is 0.00935. The van der Waals surface area contributed by atoms with Crippen LogP contribution in [0.1, 0.15) is 37.8 Å². The molecule has 0 bridgehead atoms. The van der Waals surface area contributed by atoms with Gasteiger partial charge in [0.15, 0.2) is 0 Å². The predicted octanol–water partition coefficient (Wildman–Crippen LogP) is 4.35. The van der Waals surface area contributed by atoms with Crippen LogP contribution in [-0.4, -0.2) is 36.2 Å². The summed E-state index contributed by atoms with van der Waals surface area (Å²) in [6, 6.07) is 9.89. The van der Waals surface area contributed by atoms with Gasteiger partial charge in [-0.2, -0.15) is 0 Å². The molecule has 1 fully saturated rings. The second-order valence-corrected chi connectivity index (χ2v) is 7.34. The van der Waals surface area contributed by atoms with Crippen LogP contribution in [0.2, 0.25) is 0 Å². The van der Waals surface area contributed by atoms with E-state index in [0.29, 0.717) is 43.5 Å². The highest BCUT2D eigenvalue weighted by molar-refractivity contribution is 5.71. The zero-order valence-electron chi connectivity index (χ0n) is 16.7. The van der Waals surface area contributed by atoms with Gasteiger partial charge in [-0.1, -0.05) is 24.3 Å². The minimum Gasteiger partial charge on any atom is -0.446 e. The summed E-state index contributed by atoms with van der Waals surface area (Å²) >= 11 is 0. The SMILES string of the molecule is CC(c1ccc(-c2ccc(F)cc2F)cc1)N1CCC(CCCNC(N)=O)OC1=O. The number of carbonyl (C=O) groups excluding carboxylic acids is 2. The minimum atomic E-state index is -0.618. The molecule has 3 N–H and O–H groups in total. The van der Waals surface area contributed by atoms with E-state index in [1.54, 1.807) is 17.0 Å². The number of amides is 3. The molecule has 2 aromatic rings. The van der Waals surface area contributed by atoms with Crippen LogP contribution in [0.3, 0.4) is 0 Å². The summed E-state index contributed by atoms with van der Waals surface area (Å²) in [7, 11) is 0. The average Bonchev–Trinajstić information content (AvgIpc) is 2.71. The number of ether oxygens (including phenoxy) is 1. The Bertz CT molecular complexity index is 905. The van der Waals surface area contributed by atoms with Crippen molar-refractivity contribution < 1.29 is 23.1 Å². The zero-order chi connectivity index (χ0) is 21.7. The second kappa shape index (κ2) is 9.56. The molecule has 1 aliphatic heterocycles. The van der Waals surface area contributed by atoms with Gasteiger partial charge >= 0.3 is 12.1 Å². The Kier molecular flexibility index (Phi) is 6.87. The first-order valence-corrected chi connectivity index (χ1v) is 9.91. The molecule has 30 heavy (non-hydrogen) atoms. The number of halogens is 2. The summed E-state index contributed by atoms with van der Waals surface area (Å²) in [6.45, 7) is 2.92. The highest BCUT2D eigenvalue weighted by Crippen LogP contribution is 2.29. The van der Waals surface area contributed by atoms with Crippen LogP contribution in [0, 0.1) is 11.6 Å². The lowest BCUT2D eigenvalue weighted by Gasteiger charge is -2.36. The Labute approximate surface area is 174 Å². The Morgan fingerprint density at radius 3 is 2.63 bits per heavy atom. The number of benzene rings is 2. The van der Waals surface area contributed by atoms with Gasteiger partial charge in [-0.25, -0.2) is 18.4 Å². The maximum atomic E-state index is 14.0. The van der Waals surface area contributed by atoms with Gasteiger partial charge in [0.2, 0.25) is 0 Å². The van der Waals surface area contributed by atoms with Gasteiger partial charge in [0.1, 0.15) is 17.7 Å². The molecule has 1 aliphatic rings. The summed E-state index contributed by atoms with van der Waals surface area (Å²) in [5, 5.41) is 2.51. The molecule has 1 heterocycles. The van der Waals surface area contributed by atoms with Gasteiger partial charge in [-0.15, -0.1) is 0 Å². The Balaban J connectivity index is 1.58. The largest absolute Gasteiger partial charge is 0.446 e. The van der Waals surface area contributed by atoms with Crippen molar-refractivity contribution in [2.75, 3.05) is 13.1 Å². The fourth-order valence-electron chi connectivity index (χ4n) is 3.58. The quantitative estimate of drug-likeness (QED) is 0.657. The van der Waals surface area contributed by atoms with Crippen LogP contribution < -0.4 is 11.1 Å². The maximum absolute atomic E-state index is 14.0. The Hall–Kier alpha value is -3.16. The molecule has 3 amide bonds. The third-order valence-corrected chi connectivity index (χ3v) is 5.30. The molecule has 0 aliphatic carbocycles. The van der Waals surface area contributed by atoms with Crippen LogP contribution in [0.25, 0.3) is 11.1 Å². The number of cyclic esters (lactones) is 1. The number of primary amides is 1. The third kappa shape index (κ3) is 5.25. The van der Waals surface area contributed by atoms with E-state index in [1.807, 2.05) is 19.1 Å². The van der Waals surface area contributed by atoms with E-state index in [2.05, 4.69) is 5.32 Å². The molecule has 6 nitrogen and oxygen atoms in total. The van der Waals surface area contributed by atoms with Crippen molar-refractivity contribution in [3.63, 3.8) is 0 Å². The first-order chi connectivity index (χ1) is 14.3. The second-order valence-electron chi connectivity index (χ2n) is 7.34. The van der Waals surface area contributed by atoms with Crippen LogP contribution in [0.4, 0.5) is 18.4 Å².